The summed E-state index contributed by atoms with van der Waals surface area (Å²) in [5, 5.41) is 6.93. The second-order valence-electron chi connectivity index (χ2n) is 5.67. The fourth-order valence-electron chi connectivity index (χ4n) is 2.88. The van der Waals surface area contributed by atoms with Crippen molar-refractivity contribution in [1.29, 1.82) is 0 Å². The predicted molar refractivity (Wildman–Crippen MR) is 79.8 cm³/mol. The third-order valence-electron chi connectivity index (χ3n) is 4.01. The average molecular weight is 308 g/mol. The smallest absolute Gasteiger partial charge is 0.331 e. The van der Waals surface area contributed by atoms with Crippen molar-refractivity contribution in [2.24, 2.45) is 0 Å². The van der Waals surface area contributed by atoms with Crippen LogP contribution in [-0.2, 0) is 20.9 Å². The van der Waals surface area contributed by atoms with E-state index in [1.807, 2.05) is 0 Å². The molecule has 1 aromatic heterocycles. The van der Waals surface area contributed by atoms with Gasteiger partial charge in [0.05, 0.1) is 6.61 Å². The molecular formula is C15H24N4O3. The van der Waals surface area contributed by atoms with Crippen molar-refractivity contribution in [2.75, 3.05) is 6.61 Å². The highest BCUT2D eigenvalue weighted by atomic mass is 16.5. The lowest BCUT2D eigenvalue weighted by atomic mass is 9.81. The van der Waals surface area contributed by atoms with Crippen LogP contribution in [0.1, 0.15) is 51.9 Å². The molecule has 7 nitrogen and oxygen atoms in total. The lowest BCUT2D eigenvalue weighted by molar-refractivity contribution is -0.155. The Bertz CT molecular complexity index is 481. The number of esters is 1. The van der Waals surface area contributed by atoms with Gasteiger partial charge in [-0.15, -0.1) is 0 Å². The zero-order valence-electron chi connectivity index (χ0n) is 13.1. The first kappa shape index (κ1) is 16.5. The zero-order valence-corrected chi connectivity index (χ0v) is 13.1. The predicted octanol–water partition coefficient (Wildman–Crippen LogP) is 1.44. The molecule has 1 saturated carbocycles. The van der Waals surface area contributed by atoms with E-state index < -0.39 is 5.54 Å². The van der Waals surface area contributed by atoms with Crippen LogP contribution in [0.3, 0.4) is 0 Å². The number of hydrogen-bond acceptors (Lipinski definition) is 5. The lowest BCUT2D eigenvalue weighted by Crippen LogP contribution is -2.56. The molecule has 0 atom stereocenters. The van der Waals surface area contributed by atoms with Crippen molar-refractivity contribution in [1.82, 2.24) is 20.1 Å². The number of aromatic nitrogens is 3. The molecule has 0 unspecified atom stereocenters. The fourth-order valence-corrected chi connectivity index (χ4v) is 2.88. The van der Waals surface area contributed by atoms with Gasteiger partial charge in [0.2, 0.25) is 5.91 Å². The van der Waals surface area contributed by atoms with E-state index >= 15 is 0 Å². The van der Waals surface area contributed by atoms with Crippen LogP contribution >= 0.6 is 0 Å². The second kappa shape index (κ2) is 7.91. The summed E-state index contributed by atoms with van der Waals surface area (Å²) in [6.45, 7) is 2.76. The Balaban J connectivity index is 1.86. The van der Waals surface area contributed by atoms with Gasteiger partial charge in [-0.1, -0.05) is 19.3 Å². The SMILES string of the molecule is CCOC(=O)C1(NC(=O)CCCn2cncn2)CCCCC1. The number of aryl methyl sites for hydroxylation is 1. The molecule has 122 valence electrons. The van der Waals surface area contributed by atoms with Crippen molar-refractivity contribution in [3.63, 3.8) is 0 Å². The Kier molecular flexibility index (Phi) is 5.91. The molecule has 22 heavy (non-hydrogen) atoms. The highest BCUT2D eigenvalue weighted by molar-refractivity contribution is 5.88. The number of rotatable bonds is 7. The Morgan fingerprint density at radius 1 is 1.32 bits per heavy atom. The summed E-state index contributed by atoms with van der Waals surface area (Å²) in [5.74, 6) is -0.394. The van der Waals surface area contributed by atoms with Gasteiger partial charge in [-0.05, 0) is 26.2 Å². The largest absolute Gasteiger partial charge is 0.464 e. The molecular weight excluding hydrogens is 284 g/mol. The summed E-state index contributed by atoms with van der Waals surface area (Å²) in [7, 11) is 0. The molecule has 1 aliphatic carbocycles. The van der Waals surface area contributed by atoms with Gasteiger partial charge < -0.3 is 10.1 Å². The molecule has 1 fully saturated rings. The molecule has 7 heteroatoms. The van der Waals surface area contributed by atoms with Gasteiger partial charge in [0, 0.05) is 13.0 Å². The van der Waals surface area contributed by atoms with Crippen LogP contribution in [0, 0.1) is 0 Å². The molecule has 1 N–H and O–H groups in total. The van der Waals surface area contributed by atoms with Crippen molar-refractivity contribution < 1.29 is 14.3 Å². The normalized spacial score (nSPS) is 17.0. The molecule has 1 heterocycles. The van der Waals surface area contributed by atoms with Gasteiger partial charge in [-0.3, -0.25) is 9.48 Å². The molecule has 1 aliphatic rings. The van der Waals surface area contributed by atoms with Gasteiger partial charge in [0.1, 0.15) is 18.2 Å². The highest BCUT2D eigenvalue weighted by Crippen LogP contribution is 2.29. The van der Waals surface area contributed by atoms with Crippen molar-refractivity contribution in [3.8, 4) is 0 Å². The van der Waals surface area contributed by atoms with Crippen LogP contribution < -0.4 is 5.32 Å². The number of carbonyl (C=O) groups excluding carboxylic acids is 2. The third kappa shape index (κ3) is 4.29. The minimum atomic E-state index is -0.821. The minimum absolute atomic E-state index is 0.102. The lowest BCUT2D eigenvalue weighted by Gasteiger charge is -2.35. The first-order chi connectivity index (χ1) is 10.7. The standard InChI is InChI=1S/C15H24N4O3/c1-2-22-14(21)15(8-4-3-5-9-15)18-13(20)7-6-10-19-12-16-11-17-19/h11-12H,2-10H2,1H3,(H,18,20). The molecule has 0 spiro atoms. The van der Waals surface area contributed by atoms with E-state index in [-0.39, 0.29) is 11.9 Å². The van der Waals surface area contributed by atoms with E-state index in [1.54, 1.807) is 17.9 Å². The minimum Gasteiger partial charge on any atom is -0.464 e. The Morgan fingerprint density at radius 2 is 2.09 bits per heavy atom. The van der Waals surface area contributed by atoms with Crippen LogP contribution in [-0.4, -0.2) is 38.8 Å². The summed E-state index contributed by atoms with van der Waals surface area (Å²) in [6.07, 6.45) is 8.44. The monoisotopic (exact) mass is 308 g/mol. The van der Waals surface area contributed by atoms with Crippen LogP contribution in [0.5, 0.6) is 0 Å². The summed E-state index contributed by atoms with van der Waals surface area (Å²) >= 11 is 0. The van der Waals surface area contributed by atoms with E-state index in [9.17, 15) is 9.59 Å². The maximum atomic E-state index is 12.3. The summed E-state index contributed by atoms with van der Waals surface area (Å²) in [4.78, 5) is 28.3. The zero-order chi connectivity index (χ0) is 15.8. The molecule has 0 bridgehead atoms. The first-order valence-corrected chi connectivity index (χ1v) is 7.97. The Labute approximate surface area is 130 Å². The number of nitrogens with zero attached hydrogens (tertiary/aromatic N) is 3. The van der Waals surface area contributed by atoms with Crippen molar-refractivity contribution in [3.05, 3.63) is 12.7 Å². The van der Waals surface area contributed by atoms with E-state index in [0.29, 0.717) is 38.8 Å². The Hall–Kier alpha value is -1.92. The number of nitrogens with one attached hydrogen (secondary N) is 1. The average Bonchev–Trinajstić information content (AvgIpc) is 3.01. The van der Waals surface area contributed by atoms with E-state index in [2.05, 4.69) is 15.4 Å². The molecule has 0 saturated heterocycles. The summed E-state index contributed by atoms with van der Waals surface area (Å²) in [6, 6.07) is 0. The van der Waals surface area contributed by atoms with E-state index in [1.165, 1.54) is 6.33 Å². The van der Waals surface area contributed by atoms with Crippen molar-refractivity contribution in [2.45, 2.75) is 64.0 Å². The summed E-state index contributed by atoms with van der Waals surface area (Å²) < 4.78 is 6.86. The molecule has 2 rings (SSSR count). The van der Waals surface area contributed by atoms with E-state index in [0.717, 1.165) is 19.3 Å². The molecule has 0 aromatic carbocycles. The van der Waals surface area contributed by atoms with Gasteiger partial charge in [0.15, 0.2) is 0 Å². The third-order valence-corrected chi connectivity index (χ3v) is 4.01. The van der Waals surface area contributed by atoms with Gasteiger partial charge >= 0.3 is 5.97 Å². The molecule has 1 amide bonds. The van der Waals surface area contributed by atoms with Crippen LogP contribution in [0.2, 0.25) is 0 Å². The number of ether oxygens (including phenoxy) is 1. The fraction of sp³-hybridized carbons (Fsp3) is 0.733. The van der Waals surface area contributed by atoms with Crippen molar-refractivity contribution >= 4 is 11.9 Å². The van der Waals surface area contributed by atoms with Crippen LogP contribution in [0.15, 0.2) is 12.7 Å². The topological polar surface area (TPSA) is 86.1 Å². The van der Waals surface area contributed by atoms with Gasteiger partial charge in [-0.25, -0.2) is 9.78 Å². The van der Waals surface area contributed by atoms with Crippen LogP contribution in [0.25, 0.3) is 0 Å². The second-order valence-corrected chi connectivity index (χ2v) is 5.67. The maximum Gasteiger partial charge on any atom is 0.331 e. The molecule has 0 radical (unpaired) electrons. The number of hydrogen-bond donors (Lipinski definition) is 1. The first-order valence-electron chi connectivity index (χ1n) is 7.97. The molecule has 1 aromatic rings. The molecule has 0 aliphatic heterocycles. The van der Waals surface area contributed by atoms with E-state index in [4.69, 9.17) is 4.74 Å². The number of amides is 1. The Morgan fingerprint density at radius 3 is 2.73 bits per heavy atom. The number of carbonyl (C=O) groups is 2. The maximum absolute atomic E-state index is 12.3. The van der Waals surface area contributed by atoms with Crippen LogP contribution in [0.4, 0.5) is 0 Å². The van der Waals surface area contributed by atoms with Gasteiger partial charge in [-0.2, -0.15) is 5.10 Å². The van der Waals surface area contributed by atoms with Gasteiger partial charge in [0.25, 0.3) is 0 Å². The highest BCUT2D eigenvalue weighted by Gasteiger charge is 2.41. The summed E-state index contributed by atoms with van der Waals surface area (Å²) in [5.41, 5.74) is -0.821. The quantitative estimate of drug-likeness (QED) is 0.770.